The van der Waals surface area contributed by atoms with Crippen molar-refractivity contribution in [2.24, 2.45) is 0 Å². The maximum absolute atomic E-state index is 10.1. The van der Waals surface area contributed by atoms with Crippen LogP contribution in [0.3, 0.4) is 0 Å². The van der Waals surface area contributed by atoms with Crippen LogP contribution in [0.4, 0.5) is 23.0 Å². The number of anilines is 4. The first kappa shape index (κ1) is 26.3. The third-order valence-electron chi connectivity index (χ3n) is 4.77. The number of carbonyl (C=O) groups is 2. The number of hydrogen-bond acceptors (Lipinski definition) is 6. The Hall–Kier alpha value is -3.94. The molecule has 0 fully saturated rings. The zero-order valence-electron chi connectivity index (χ0n) is 19.2. The lowest BCUT2D eigenvalue weighted by molar-refractivity contribution is -0.138. The van der Waals surface area contributed by atoms with Crippen LogP contribution in [-0.4, -0.2) is 32.1 Å². The Labute approximate surface area is 200 Å². The van der Waals surface area contributed by atoms with Crippen molar-refractivity contribution < 1.29 is 19.8 Å². The standard InChI is InChI=1S/C16H14N4.C10H18O4/c1-3-10-17-15(8-1)19-13-6-5-7-14(12-13)20-16-9-2-4-11-18-16;11-9(12)7-5-3-1-2-4-6-8-10(13)14/h1-12H,(H,17,19)(H,18,20);1-8H2,(H,11,12)(H,13,14). The van der Waals surface area contributed by atoms with Crippen LogP contribution >= 0.6 is 0 Å². The number of pyridine rings is 2. The summed E-state index contributed by atoms with van der Waals surface area (Å²) in [6, 6.07) is 19.5. The van der Waals surface area contributed by atoms with Crippen molar-refractivity contribution in [2.75, 3.05) is 10.6 Å². The van der Waals surface area contributed by atoms with Gasteiger partial charge in [0.05, 0.1) is 0 Å². The Morgan fingerprint density at radius 3 is 1.44 bits per heavy atom. The monoisotopic (exact) mass is 464 g/mol. The molecule has 4 N–H and O–H groups in total. The molecule has 0 saturated heterocycles. The maximum atomic E-state index is 10.1. The number of aliphatic carboxylic acids is 2. The number of unbranched alkanes of at least 4 members (excludes halogenated alkanes) is 5. The summed E-state index contributed by atoms with van der Waals surface area (Å²) in [5, 5.41) is 23.2. The molecule has 8 heteroatoms. The van der Waals surface area contributed by atoms with Crippen molar-refractivity contribution in [3.05, 3.63) is 73.1 Å². The molecule has 0 aliphatic heterocycles. The van der Waals surface area contributed by atoms with Gasteiger partial charge in [0.1, 0.15) is 11.6 Å². The Morgan fingerprint density at radius 2 is 1.06 bits per heavy atom. The second-order valence-electron chi connectivity index (χ2n) is 7.67. The van der Waals surface area contributed by atoms with Crippen LogP contribution in [0.1, 0.15) is 51.4 Å². The molecule has 180 valence electrons. The highest BCUT2D eigenvalue weighted by Crippen LogP contribution is 2.21. The fourth-order valence-corrected chi connectivity index (χ4v) is 3.10. The van der Waals surface area contributed by atoms with E-state index in [1.807, 2.05) is 60.7 Å². The molecule has 1 aromatic carbocycles. The summed E-state index contributed by atoms with van der Waals surface area (Å²) >= 11 is 0. The number of nitrogens with zero attached hydrogens (tertiary/aromatic N) is 2. The quantitative estimate of drug-likeness (QED) is 0.219. The van der Waals surface area contributed by atoms with Crippen molar-refractivity contribution >= 4 is 34.9 Å². The van der Waals surface area contributed by atoms with Gasteiger partial charge in [-0.3, -0.25) is 9.59 Å². The van der Waals surface area contributed by atoms with Gasteiger partial charge in [-0.25, -0.2) is 9.97 Å². The molecular weight excluding hydrogens is 432 g/mol. The zero-order valence-corrected chi connectivity index (χ0v) is 19.2. The van der Waals surface area contributed by atoms with Crippen LogP contribution in [0.5, 0.6) is 0 Å². The lowest BCUT2D eigenvalue weighted by Gasteiger charge is -2.09. The summed E-state index contributed by atoms with van der Waals surface area (Å²) in [6.45, 7) is 0. The van der Waals surface area contributed by atoms with E-state index in [0.29, 0.717) is 0 Å². The number of nitrogens with one attached hydrogen (secondary N) is 2. The number of aromatic nitrogens is 2. The Balaban J connectivity index is 0.000000259. The first-order chi connectivity index (χ1) is 16.5. The van der Waals surface area contributed by atoms with Crippen LogP contribution in [-0.2, 0) is 9.59 Å². The molecule has 0 spiro atoms. The molecule has 2 aromatic heterocycles. The molecule has 0 bridgehead atoms. The molecule has 0 atom stereocenters. The number of rotatable bonds is 13. The lowest BCUT2D eigenvalue weighted by atomic mass is 10.1. The normalized spacial score (nSPS) is 10.0. The molecule has 34 heavy (non-hydrogen) atoms. The molecule has 3 rings (SSSR count). The Bertz CT molecular complexity index is 908. The number of carboxylic acids is 2. The lowest BCUT2D eigenvalue weighted by Crippen LogP contribution is -1.95. The number of hydrogen-bond donors (Lipinski definition) is 4. The number of carboxylic acid groups (broad SMARTS) is 2. The van der Waals surface area contributed by atoms with E-state index in [4.69, 9.17) is 10.2 Å². The third-order valence-corrected chi connectivity index (χ3v) is 4.77. The fourth-order valence-electron chi connectivity index (χ4n) is 3.10. The second kappa shape index (κ2) is 15.8. The van der Waals surface area contributed by atoms with Gasteiger partial charge < -0.3 is 20.8 Å². The highest BCUT2D eigenvalue weighted by Gasteiger charge is 1.99. The minimum atomic E-state index is -0.740. The van der Waals surface area contributed by atoms with Gasteiger partial charge in [-0.05, 0) is 55.3 Å². The highest BCUT2D eigenvalue weighted by atomic mass is 16.4. The molecule has 3 aromatic rings. The van der Waals surface area contributed by atoms with Gasteiger partial charge >= 0.3 is 11.9 Å². The van der Waals surface area contributed by atoms with Gasteiger partial charge in [0.25, 0.3) is 0 Å². The molecule has 0 amide bonds. The summed E-state index contributed by atoms with van der Waals surface area (Å²) < 4.78 is 0. The van der Waals surface area contributed by atoms with Crippen LogP contribution in [0.2, 0.25) is 0 Å². The first-order valence-electron chi connectivity index (χ1n) is 11.4. The zero-order chi connectivity index (χ0) is 24.4. The molecule has 0 radical (unpaired) electrons. The van der Waals surface area contributed by atoms with Gasteiger partial charge in [0, 0.05) is 36.6 Å². The highest BCUT2D eigenvalue weighted by molar-refractivity contribution is 5.67. The fraction of sp³-hybridized carbons (Fsp3) is 0.308. The van der Waals surface area contributed by atoms with Gasteiger partial charge in [-0.15, -0.1) is 0 Å². The second-order valence-corrected chi connectivity index (χ2v) is 7.67. The van der Waals surface area contributed by atoms with Crippen LogP contribution < -0.4 is 10.6 Å². The minimum absolute atomic E-state index is 0.245. The summed E-state index contributed by atoms with van der Waals surface area (Å²) in [5.41, 5.74) is 1.95. The first-order valence-corrected chi connectivity index (χ1v) is 11.4. The van der Waals surface area contributed by atoms with Crippen molar-refractivity contribution in [2.45, 2.75) is 51.4 Å². The van der Waals surface area contributed by atoms with Crippen LogP contribution in [0.15, 0.2) is 73.1 Å². The van der Waals surface area contributed by atoms with E-state index in [2.05, 4.69) is 20.6 Å². The topological polar surface area (TPSA) is 124 Å². The maximum Gasteiger partial charge on any atom is 0.303 e. The summed E-state index contributed by atoms with van der Waals surface area (Å²) in [6.07, 6.45) is 9.35. The molecule has 2 heterocycles. The third kappa shape index (κ3) is 12.2. The van der Waals surface area contributed by atoms with Crippen LogP contribution in [0, 0.1) is 0 Å². The molecule has 0 aliphatic carbocycles. The van der Waals surface area contributed by atoms with Crippen molar-refractivity contribution in [1.29, 1.82) is 0 Å². The predicted octanol–water partition coefficient (Wildman–Crippen LogP) is 6.24. The average Bonchev–Trinajstić information content (AvgIpc) is 2.82. The summed E-state index contributed by atoms with van der Waals surface area (Å²) in [7, 11) is 0. The largest absolute Gasteiger partial charge is 0.481 e. The van der Waals surface area contributed by atoms with E-state index in [9.17, 15) is 9.59 Å². The van der Waals surface area contributed by atoms with E-state index in [0.717, 1.165) is 61.5 Å². The van der Waals surface area contributed by atoms with E-state index >= 15 is 0 Å². The molecule has 0 aliphatic rings. The van der Waals surface area contributed by atoms with E-state index in [-0.39, 0.29) is 12.8 Å². The van der Waals surface area contributed by atoms with Gasteiger partial charge in [-0.1, -0.05) is 43.9 Å². The van der Waals surface area contributed by atoms with Crippen LogP contribution in [0.25, 0.3) is 0 Å². The molecular formula is C26H32N4O4. The van der Waals surface area contributed by atoms with E-state index in [1.165, 1.54) is 0 Å². The molecule has 8 nitrogen and oxygen atoms in total. The molecule has 0 unspecified atom stereocenters. The predicted molar refractivity (Wildman–Crippen MR) is 134 cm³/mol. The molecule has 0 saturated carbocycles. The van der Waals surface area contributed by atoms with E-state index in [1.54, 1.807) is 12.4 Å². The van der Waals surface area contributed by atoms with Crippen molar-refractivity contribution in [3.8, 4) is 0 Å². The summed E-state index contributed by atoms with van der Waals surface area (Å²) in [5.74, 6) is 0.164. The van der Waals surface area contributed by atoms with Crippen molar-refractivity contribution in [3.63, 3.8) is 0 Å². The van der Waals surface area contributed by atoms with Crippen molar-refractivity contribution in [1.82, 2.24) is 9.97 Å². The van der Waals surface area contributed by atoms with E-state index < -0.39 is 11.9 Å². The Morgan fingerprint density at radius 1 is 0.618 bits per heavy atom. The van der Waals surface area contributed by atoms with Gasteiger partial charge in [-0.2, -0.15) is 0 Å². The average molecular weight is 465 g/mol. The summed E-state index contributed by atoms with van der Waals surface area (Å²) in [4.78, 5) is 28.8. The Kier molecular flexibility index (Phi) is 12.2. The SMILES string of the molecule is O=C(O)CCCCCCCCC(=O)O.c1ccc(Nc2cccc(Nc3ccccn3)c2)nc1. The van der Waals surface area contributed by atoms with Gasteiger partial charge in [0.2, 0.25) is 0 Å². The minimum Gasteiger partial charge on any atom is -0.481 e. The number of benzene rings is 1. The van der Waals surface area contributed by atoms with Gasteiger partial charge in [0.15, 0.2) is 0 Å². The smallest absolute Gasteiger partial charge is 0.303 e.